The van der Waals surface area contributed by atoms with Gasteiger partial charge < -0.3 is 5.73 Å². The van der Waals surface area contributed by atoms with Crippen molar-refractivity contribution in [1.29, 1.82) is 0 Å². The third kappa shape index (κ3) is 1.88. The van der Waals surface area contributed by atoms with Crippen molar-refractivity contribution >= 4 is 11.9 Å². The standard InChI is InChI=1S/C13H18N2S/c1-2-9-3-5-10(6-4-9)16-15-7-11-12(8-15)13(11)14/h3-6,11-13H,2,7-8,14H2,1H3. The molecule has 2 fully saturated rings. The van der Waals surface area contributed by atoms with Gasteiger partial charge in [-0.1, -0.05) is 19.1 Å². The molecule has 1 aliphatic carbocycles. The van der Waals surface area contributed by atoms with E-state index in [0.717, 1.165) is 18.3 Å². The fraction of sp³-hybridized carbons (Fsp3) is 0.538. The van der Waals surface area contributed by atoms with Crippen LogP contribution in [0.3, 0.4) is 0 Å². The lowest BCUT2D eigenvalue weighted by Crippen LogP contribution is -2.22. The van der Waals surface area contributed by atoms with Crippen LogP contribution in [0.1, 0.15) is 12.5 Å². The summed E-state index contributed by atoms with van der Waals surface area (Å²) in [4.78, 5) is 1.35. The Hall–Kier alpha value is -0.510. The average Bonchev–Trinajstić information content (AvgIpc) is 2.77. The zero-order valence-corrected chi connectivity index (χ0v) is 10.4. The van der Waals surface area contributed by atoms with Crippen molar-refractivity contribution in [3.63, 3.8) is 0 Å². The van der Waals surface area contributed by atoms with Crippen LogP contribution in [0.2, 0.25) is 0 Å². The Labute approximate surface area is 101 Å². The Morgan fingerprint density at radius 2 is 1.88 bits per heavy atom. The smallest absolute Gasteiger partial charge is 0.0230 e. The number of piperidine rings is 1. The summed E-state index contributed by atoms with van der Waals surface area (Å²) in [5, 5.41) is 0. The van der Waals surface area contributed by atoms with Crippen LogP contribution in [0.5, 0.6) is 0 Å². The number of nitrogens with two attached hydrogens (primary N) is 1. The number of nitrogens with zero attached hydrogens (tertiary/aromatic N) is 1. The first kappa shape index (κ1) is 10.6. The maximum absolute atomic E-state index is 5.93. The van der Waals surface area contributed by atoms with Gasteiger partial charge in [-0.05, 0) is 47.9 Å². The zero-order chi connectivity index (χ0) is 11.1. The molecular formula is C13H18N2S. The second-order valence-corrected chi connectivity index (χ2v) is 6.01. The molecule has 2 atom stereocenters. The Morgan fingerprint density at radius 1 is 1.25 bits per heavy atom. The van der Waals surface area contributed by atoms with Crippen molar-refractivity contribution in [3.8, 4) is 0 Å². The van der Waals surface area contributed by atoms with Crippen LogP contribution >= 0.6 is 11.9 Å². The molecule has 0 amide bonds. The minimum absolute atomic E-state index is 0.499. The van der Waals surface area contributed by atoms with Gasteiger partial charge in [-0.15, -0.1) is 0 Å². The lowest BCUT2D eigenvalue weighted by Gasteiger charge is -2.17. The largest absolute Gasteiger partial charge is 0.327 e. The van der Waals surface area contributed by atoms with E-state index in [0.29, 0.717) is 6.04 Å². The Balaban J connectivity index is 1.58. The molecule has 16 heavy (non-hydrogen) atoms. The average molecular weight is 234 g/mol. The summed E-state index contributed by atoms with van der Waals surface area (Å²) in [6, 6.07) is 9.41. The van der Waals surface area contributed by atoms with E-state index in [1.807, 2.05) is 11.9 Å². The van der Waals surface area contributed by atoms with Gasteiger partial charge in [0.25, 0.3) is 0 Å². The molecule has 1 aromatic rings. The van der Waals surface area contributed by atoms with E-state index in [4.69, 9.17) is 5.73 Å². The quantitative estimate of drug-likeness (QED) is 0.813. The third-order valence-electron chi connectivity index (χ3n) is 3.79. The molecule has 0 aromatic heterocycles. The van der Waals surface area contributed by atoms with Gasteiger partial charge >= 0.3 is 0 Å². The number of hydrogen-bond acceptors (Lipinski definition) is 3. The summed E-state index contributed by atoms with van der Waals surface area (Å²) < 4.78 is 2.46. The molecule has 2 nitrogen and oxygen atoms in total. The van der Waals surface area contributed by atoms with Crippen LogP contribution in [-0.2, 0) is 6.42 Å². The fourth-order valence-electron chi connectivity index (χ4n) is 2.54. The minimum Gasteiger partial charge on any atom is -0.327 e. The lowest BCUT2D eigenvalue weighted by atomic mass is 10.2. The first-order valence-corrected chi connectivity index (χ1v) is 6.82. The van der Waals surface area contributed by atoms with E-state index in [-0.39, 0.29) is 0 Å². The van der Waals surface area contributed by atoms with Gasteiger partial charge in [0.05, 0.1) is 0 Å². The number of fused-ring (bicyclic) bond motifs is 1. The van der Waals surface area contributed by atoms with E-state index in [1.54, 1.807) is 0 Å². The topological polar surface area (TPSA) is 29.3 Å². The molecule has 3 rings (SSSR count). The summed E-state index contributed by atoms with van der Waals surface area (Å²) >= 11 is 1.88. The molecule has 1 saturated carbocycles. The highest BCUT2D eigenvalue weighted by molar-refractivity contribution is 7.97. The molecule has 2 aliphatic rings. The van der Waals surface area contributed by atoms with Crippen molar-refractivity contribution in [1.82, 2.24) is 4.31 Å². The predicted octanol–water partition coefficient (Wildman–Crippen LogP) is 2.15. The SMILES string of the molecule is CCc1ccc(SN2CC3C(N)C3C2)cc1. The molecule has 0 radical (unpaired) electrons. The summed E-state index contributed by atoms with van der Waals surface area (Å²) in [5.41, 5.74) is 7.34. The summed E-state index contributed by atoms with van der Waals surface area (Å²) in [7, 11) is 0. The maximum Gasteiger partial charge on any atom is 0.0230 e. The Kier molecular flexibility index (Phi) is 2.70. The highest BCUT2D eigenvalue weighted by atomic mass is 32.2. The Bertz CT molecular complexity index is 364. The van der Waals surface area contributed by atoms with Crippen LogP contribution in [-0.4, -0.2) is 23.4 Å². The summed E-state index contributed by atoms with van der Waals surface area (Å²) in [5.74, 6) is 1.56. The first-order valence-electron chi connectivity index (χ1n) is 6.05. The van der Waals surface area contributed by atoms with Crippen molar-refractivity contribution in [2.24, 2.45) is 17.6 Å². The molecule has 1 saturated heterocycles. The van der Waals surface area contributed by atoms with Gasteiger partial charge in [-0.2, -0.15) is 0 Å². The summed E-state index contributed by atoms with van der Waals surface area (Å²) in [6.07, 6.45) is 1.12. The van der Waals surface area contributed by atoms with E-state index in [1.165, 1.54) is 23.5 Å². The number of rotatable bonds is 3. The van der Waals surface area contributed by atoms with E-state index in [9.17, 15) is 0 Å². The van der Waals surface area contributed by atoms with Gasteiger partial charge in [-0.3, -0.25) is 0 Å². The second-order valence-electron chi connectivity index (χ2n) is 4.84. The van der Waals surface area contributed by atoms with Gasteiger partial charge in [-0.25, -0.2) is 4.31 Å². The zero-order valence-electron chi connectivity index (χ0n) is 9.60. The van der Waals surface area contributed by atoms with Crippen molar-refractivity contribution in [3.05, 3.63) is 29.8 Å². The molecule has 1 heterocycles. The van der Waals surface area contributed by atoms with Crippen LogP contribution < -0.4 is 5.73 Å². The molecule has 1 aliphatic heterocycles. The van der Waals surface area contributed by atoms with E-state index in [2.05, 4.69) is 35.5 Å². The minimum atomic E-state index is 0.499. The van der Waals surface area contributed by atoms with Gasteiger partial charge in [0.1, 0.15) is 0 Å². The van der Waals surface area contributed by atoms with Gasteiger partial charge in [0.2, 0.25) is 0 Å². The van der Waals surface area contributed by atoms with Crippen molar-refractivity contribution in [2.75, 3.05) is 13.1 Å². The molecular weight excluding hydrogens is 216 g/mol. The number of benzene rings is 1. The lowest BCUT2D eigenvalue weighted by molar-refractivity contribution is 0.497. The Morgan fingerprint density at radius 3 is 2.44 bits per heavy atom. The maximum atomic E-state index is 5.93. The molecule has 2 unspecified atom stereocenters. The number of hydrogen-bond donors (Lipinski definition) is 1. The highest BCUT2D eigenvalue weighted by Crippen LogP contribution is 2.46. The van der Waals surface area contributed by atoms with E-state index >= 15 is 0 Å². The third-order valence-corrected chi connectivity index (χ3v) is 4.83. The highest BCUT2D eigenvalue weighted by Gasteiger charge is 2.53. The first-order chi connectivity index (χ1) is 7.78. The van der Waals surface area contributed by atoms with Gasteiger partial charge in [0, 0.05) is 24.0 Å². The molecule has 86 valence electrons. The van der Waals surface area contributed by atoms with Crippen LogP contribution in [0.25, 0.3) is 0 Å². The normalized spacial score (nSPS) is 32.8. The molecule has 0 bridgehead atoms. The van der Waals surface area contributed by atoms with E-state index < -0.39 is 0 Å². The van der Waals surface area contributed by atoms with Gasteiger partial charge in [0.15, 0.2) is 0 Å². The van der Waals surface area contributed by atoms with Crippen LogP contribution in [0, 0.1) is 11.8 Å². The van der Waals surface area contributed by atoms with Crippen molar-refractivity contribution in [2.45, 2.75) is 24.3 Å². The second kappa shape index (κ2) is 4.06. The van der Waals surface area contributed by atoms with Crippen LogP contribution in [0.15, 0.2) is 29.2 Å². The summed E-state index contributed by atoms with van der Waals surface area (Å²) in [6.45, 7) is 4.54. The van der Waals surface area contributed by atoms with Crippen molar-refractivity contribution < 1.29 is 0 Å². The van der Waals surface area contributed by atoms with Crippen LogP contribution in [0.4, 0.5) is 0 Å². The molecule has 0 spiro atoms. The number of aryl methyl sites for hydroxylation is 1. The monoisotopic (exact) mass is 234 g/mol. The molecule has 3 heteroatoms. The predicted molar refractivity (Wildman–Crippen MR) is 68.2 cm³/mol. The molecule has 1 aromatic carbocycles. The fourth-order valence-corrected chi connectivity index (χ4v) is 3.59. The molecule has 2 N–H and O–H groups in total.